The number of carbonyl (C=O) groups excluding carboxylic acids is 3. The monoisotopic (exact) mass is 565 g/mol. The molecular formula is C29H31N3O7S. The van der Waals surface area contributed by atoms with Crippen LogP contribution in [0, 0.1) is 0 Å². The van der Waals surface area contributed by atoms with Crippen molar-refractivity contribution in [2.45, 2.75) is 37.1 Å². The molecule has 2 amide bonds. The van der Waals surface area contributed by atoms with Gasteiger partial charge in [0.05, 0.1) is 16.6 Å². The minimum absolute atomic E-state index is 0.0592. The van der Waals surface area contributed by atoms with Gasteiger partial charge in [0.25, 0.3) is 15.9 Å². The smallest absolute Gasteiger partial charge is 0.344 e. The molecule has 2 N–H and O–H groups in total. The van der Waals surface area contributed by atoms with E-state index < -0.39 is 29.2 Å². The van der Waals surface area contributed by atoms with Crippen LogP contribution in [0.5, 0.6) is 5.75 Å². The van der Waals surface area contributed by atoms with E-state index in [0.717, 1.165) is 29.1 Å². The van der Waals surface area contributed by atoms with Gasteiger partial charge in [0.1, 0.15) is 5.75 Å². The van der Waals surface area contributed by atoms with Gasteiger partial charge in [0, 0.05) is 19.7 Å². The Bertz CT molecular complexity index is 1470. The summed E-state index contributed by atoms with van der Waals surface area (Å²) in [6.45, 7) is 0.549. The molecule has 1 aliphatic rings. The first kappa shape index (κ1) is 28.6. The number of hydrogen-bond donors (Lipinski definition) is 2. The molecule has 0 aliphatic heterocycles. The van der Waals surface area contributed by atoms with Crippen LogP contribution in [0.2, 0.25) is 0 Å². The summed E-state index contributed by atoms with van der Waals surface area (Å²) in [6.07, 6.45) is 2.79. The summed E-state index contributed by atoms with van der Waals surface area (Å²) in [7, 11) is -2.43. The molecule has 210 valence electrons. The van der Waals surface area contributed by atoms with Crippen LogP contribution in [0.25, 0.3) is 0 Å². The zero-order valence-corrected chi connectivity index (χ0v) is 23.1. The lowest BCUT2D eigenvalue weighted by atomic mass is 9.88. The maximum absolute atomic E-state index is 13.0. The summed E-state index contributed by atoms with van der Waals surface area (Å²) in [5.41, 5.74) is 3.18. The van der Waals surface area contributed by atoms with Crippen molar-refractivity contribution in [2.24, 2.45) is 0 Å². The first-order chi connectivity index (χ1) is 19.1. The number of carbonyl (C=O) groups is 3. The molecule has 0 radical (unpaired) electrons. The Morgan fingerprint density at radius 2 is 1.65 bits per heavy atom. The number of benzene rings is 3. The molecule has 0 spiro atoms. The number of fused-ring (bicyclic) bond motifs is 1. The molecule has 0 aromatic heterocycles. The normalized spacial score (nSPS) is 14.4. The van der Waals surface area contributed by atoms with E-state index in [1.165, 1.54) is 55.9 Å². The summed E-state index contributed by atoms with van der Waals surface area (Å²) in [5, 5.41) is 5.52. The zero-order valence-electron chi connectivity index (χ0n) is 22.3. The largest absolute Gasteiger partial charge is 0.482 e. The average molecular weight is 566 g/mol. The van der Waals surface area contributed by atoms with Crippen molar-refractivity contribution in [2.75, 3.05) is 29.9 Å². The highest BCUT2D eigenvalue weighted by molar-refractivity contribution is 7.92. The summed E-state index contributed by atoms with van der Waals surface area (Å²) in [5.74, 6) is -1.01. The number of hydrogen-bond acceptors (Lipinski definition) is 7. The second kappa shape index (κ2) is 12.6. The van der Waals surface area contributed by atoms with E-state index in [4.69, 9.17) is 9.47 Å². The number of amides is 2. The quantitative estimate of drug-likeness (QED) is 0.359. The highest BCUT2D eigenvalue weighted by Gasteiger charge is 2.23. The lowest BCUT2D eigenvalue weighted by molar-refractivity contribution is -0.150. The van der Waals surface area contributed by atoms with Gasteiger partial charge in [-0.3, -0.25) is 13.9 Å². The van der Waals surface area contributed by atoms with Crippen molar-refractivity contribution >= 4 is 39.2 Å². The molecule has 10 nitrogen and oxygen atoms in total. The summed E-state index contributed by atoms with van der Waals surface area (Å²) < 4.78 is 37.6. The van der Waals surface area contributed by atoms with E-state index >= 15 is 0 Å². The van der Waals surface area contributed by atoms with Gasteiger partial charge in [-0.25, -0.2) is 13.2 Å². The van der Waals surface area contributed by atoms with Gasteiger partial charge in [-0.15, -0.1) is 0 Å². The third kappa shape index (κ3) is 7.17. The van der Waals surface area contributed by atoms with E-state index in [1.54, 1.807) is 12.1 Å². The topological polar surface area (TPSA) is 131 Å². The zero-order chi connectivity index (χ0) is 28.7. The lowest BCUT2D eigenvalue weighted by Gasteiger charge is -2.26. The standard InChI is InChI=1S/C29H31N3O7S/c1-20(33)30-22-10-16-25(17-11-22)40(36,37)32(2)23-12-14-24(15-13-23)38-19-29(35)39-18-28(34)31-27-9-5-7-21-6-3-4-8-26(21)27/h3-4,6,8,10-17,27H,5,7,9,18-19H2,1-2H3,(H,30,33)(H,31,34). The van der Waals surface area contributed by atoms with Crippen LogP contribution in [0.3, 0.4) is 0 Å². The number of sulfonamides is 1. The van der Waals surface area contributed by atoms with Crippen LogP contribution in [0.4, 0.5) is 11.4 Å². The minimum atomic E-state index is -3.85. The molecule has 1 atom stereocenters. The fourth-order valence-corrected chi connectivity index (χ4v) is 5.63. The number of esters is 1. The second-order valence-electron chi connectivity index (χ2n) is 9.33. The Hall–Kier alpha value is -4.38. The van der Waals surface area contributed by atoms with E-state index in [1.807, 2.05) is 18.2 Å². The van der Waals surface area contributed by atoms with E-state index in [9.17, 15) is 22.8 Å². The number of anilines is 2. The fraction of sp³-hybridized carbons (Fsp3) is 0.276. The molecule has 0 bridgehead atoms. The molecule has 1 aliphatic carbocycles. The third-order valence-electron chi connectivity index (χ3n) is 6.46. The van der Waals surface area contributed by atoms with Gasteiger partial charge < -0.3 is 20.1 Å². The first-order valence-electron chi connectivity index (χ1n) is 12.8. The number of rotatable bonds is 10. The highest BCUT2D eigenvalue weighted by atomic mass is 32.2. The van der Waals surface area contributed by atoms with Crippen LogP contribution in [-0.4, -0.2) is 46.5 Å². The number of aryl methyl sites for hydroxylation is 1. The van der Waals surface area contributed by atoms with E-state index in [2.05, 4.69) is 16.7 Å². The van der Waals surface area contributed by atoms with Crippen molar-refractivity contribution in [3.63, 3.8) is 0 Å². The number of nitrogens with zero attached hydrogens (tertiary/aromatic N) is 1. The molecule has 0 saturated carbocycles. The molecule has 4 rings (SSSR count). The van der Waals surface area contributed by atoms with Crippen molar-refractivity contribution < 1.29 is 32.3 Å². The predicted octanol–water partition coefficient (Wildman–Crippen LogP) is 3.59. The van der Waals surface area contributed by atoms with E-state index in [0.29, 0.717) is 17.1 Å². The van der Waals surface area contributed by atoms with Crippen molar-refractivity contribution in [1.29, 1.82) is 0 Å². The van der Waals surface area contributed by atoms with Gasteiger partial charge in [0.15, 0.2) is 13.2 Å². The van der Waals surface area contributed by atoms with Gasteiger partial charge >= 0.3 is 5.97 Å². The van der Waals surface area contributed by atoms with Crippen LogP contribution < -0.4 is 19.7 Å². The van der Waals surface area contributed by atoms with Crippen molar-refractivity contribution in [3.8, 4) is 5.75 Å². The molecule has 1 unspecified atom stereocenters. The lowest BCUT2D eigenvalue weighted by Crippen LogP contribution is -2.34. The summed E-state index contributed by atoms with van der Waals surface area (Å²) in [6, 6.07) is 19.9. The van der Waals surface area contributed by atoms with Crippen LogP contribution in [-0.2, 0) is 35.6 Å². The predicted molar refractivity (Wildman–Crippen MR) is 149 cm³/mol. The van der Waals surface area contributed by atoms with Gasteiger partial charge in [-0.2, -0.15) is 0 Å². The molecule has 40 heavy (non-hydrogen) atoms. The maximum atomic E-state index is 13.0. The van der Waals surface area contributed by atoms with Crippen LogP contribution in [0.1, 0.15) is 36.9 Å². The highest BCUT2D eigenvalue weighted by Crippen LogP contribution is 2.29. The van der Waals surface area contributed by atoms with Crippen molar-refractivity contribution in [1.82, 2.24) is 5.32 Å². The molecule has 11 heteroatoms. The first-order valence-corrected chi connectivity index (χ1v) is 14.2. The number of ether oxygens (including phenoxy) is 2. The summed E-state index contributed by atoms with van der Waals surface area (Å²) >= 11 is 0. The average Bonchev–Trinajstić information content (AvgIpc) is 2.95. The SMILES string of the molecule is CC(=O)Nc1ccc(S(=O)(=O)N(C)c2ccc(OCC(=O)OCC(=O)NC3CCCc4ccccc43)cc2)cc1. The third-order valence-corrected chi connectivity index (χ3v) is 8.26. The molecule has 0 saturated heterocycles. The molecular weight excluding hydrogens is 534 g/mol. The minimum Gasteiger partial charge on any atom is -0.482 e. The van der Waals surface area contributed by atoms with E-state index in [-0.39, 0.29) is 22.8 Å². The Morgan fingerprint density at radius 3 is 2.35 bits per heavy atom. The van der Waals surface area contributed by atoms with Crippen LogP contribution in [0.15, 0.2) is 77.7 Å². The molecule has 3 aromatic rings. The Kier molecular flexibility index (Phi) is 9.05. The van der Waals surface area contributed by atoms with Crippen LogP contribution >= 0.6 is 0 Å². The fourth-order valence-electron chi connectivity index (χ4n) is 4.43. The molecule has 0 heterocycles. The molecule has 0 fully saturated rings. The van der Waals surface area contributed by atoms with Gasteiger partial charge in [-0.05, 0) is 78.9 Å². The molecule has 3 aromatic carbocycles. The Labute approximate surface area is 233 Å². The summed E-state index contributed by atoms with van der Waals surface area (Å²) in [4.78, 5) is 35.7. The van der Waals surface area contributed by atoms with Gasteiger partial charge in [-0.1, -0.05) is 24.3 Å². The van der Waals surface area contributed by atoms with Crippen molar-refractivity contribution in [3.05, 3.63) is 83.9 Å². The second-order valence-corrected chi connectivity index (χ2v) is 11.3. The Morgan fingerprint density at radius 1 is 0.950 bits per heavy atom. The maximum Gasteiger partial charge on any atom is 0.344 e. The number of nitrogens with one attached hydrogen (secondary N) is 2. The van der Waals surface area contributed by atoms with Gasteiger partial charge in [0.2, 0.25) is 5.91 Å². The Balaban J connectivity index is 1.25.